The van der Waals surface area contributed by atoms with E-state index < -0.39 is 0 Å². The van der Waals surface area contributed by atoms with Gasteiger partial charge in [0.25, 0.3) is 0 Å². The van der Waals surface area contributed by atoms with Crippen LogP contribution in [0.25, 0.3) is 0 Å². The first-order chi connectivity index (χ1) is 17.0. The molecule has 213 valence electrons. The average Bonchev–Trinajstić information content (AvgIpc) is 2.83. The molecule has 0 aliphatic carbocycles. The molecule has 0 saturated heterocycles. The maximum Gasteiger partial charge on any atom is 2.00 e. The molecule has 4 heteroatoms. The first-order valence-electron chi connectivity index (χ1n) is 13.3. The van der Waals surface area contributed by atoms with Gasteiger partial charge in [0.2, 0.25) is 0 Å². The fraction of sp³-hybridized carbons (Fsp3) is 0.400. The van der Waals surface area contributed by atoms with Crippen LogP contribution in [0.4, 0.5) is 11.4 Å². The Morgan fingerprint density at radius 2 is 0.769 bits per heavy atom. The van der Waals surface area contributed by atoms with E-state index in [-0.39, 0.29) is 31.6 Å². The van der Waals surface area contributed by atoms with Crippen LogP contribution in [0.5, 0.6) is 0 Å². The normalized spacial score (nSPS) is 11.9. The van der Waals surface area contributed by atoms with Crippen molar-refractivity contribution >= 4 is 22.8 Å². The van der Waals surface area contributed by atoms with E-state index in [0.717, 1.165) is 34.2 Å². The van der Waals surface area contributed by atoms with Gasteiger partial charge in [0.05, 0.1) is 34.2 Å². The second kappa shape index (κ2) is 15.9. The first-order valence-corrected chi connectivity index (χ1v) is 13.3. The smallest absolute Gasteiger partial charge is 0.358 e. The Morgan fingerprint density at radius 3 is 1.03 bits per heavy atom. The van der Waals surface area contributed by atoms with Crippen LogP contribution < -0.4 is 0 Å². The Balaban J connectivity index is 0.00000481. The van der Waals surface area contributed by atoms with Crippen molar-refractivity contribution in [2.45, 2.75) is 92.9 Å². The van der Waals surface area contributed by atoms with E-state index >= 15 is 0 Å². The van der Waals surface area contributed by atoms with E-state index in [1.165, 1.54) is 22.3 Å². The first kappa shape index (κ1) is 36.4. The van der Waals surface area contributed by atoms with Gasteiger partial charge in [-0.15, -0.1) is 0 Å². The number of hydrogen-bond donors (Lipinski definition) is 0. The minimum Gasteiger partial charge on any atom is -0.358 e. The third-order valence-electron chi connectivity index (χ3n) is 6.73. The number of aliphatic imine (C=N–C) groups is 2. The fourth-order valence-electron chi connectivity index (χ4n) is 4.57. The van der Waals surface area contributed by atoms with Crippen LogP contribution in [0.1, 0.15) is 127 Å². The largest absolute Gasteiger partial charge is 2.00 e. The van der Waals surface area contributed by atoms with Crippen LogP contribution in [0.3, 0.4) is 0 Å². The van der Waals surface area contributed by atoms with Crippen molar-refractivity contribution in [1.29, 1.82) is 0 Å². The Kier molecular flexibility index (Phi) is 14.8. The minimum absolute atomic E-state index is 0. The van der Waals surface area contributed by atoms with Crippen LogP contribution in [0.15, 0.2) is 64.6 Å². The molecule has 0 amide bonds. The molecule has 0 unspecified atom stereocenters. The summed E-state index contributed by atoms with van der Waals surface area (Å²) in [6.07, 6.45) is 0. The number of aromatic nitrogens is 1. The molecule has 0 spiro atoms. The summed E-state index contributed by atoms with van der Waals surface area (Å²) in [6.45, 7) is 22.0. The molecule has 0 atom stereocenters. The molecule has 0 N–H and O–H groups in total. The number of benzene rings is 2. The molecule has 3 aromatic rings. The quantitative estimate of drug-likeness (QED) is 0.196. The molecule has 1 radical (unpaired) electrons. The van der Waals surface area contributed by atoms with Gasteiger partial charge in [-0.25, -0.2) is 4.98 Å². The number of rotatable bonds is 8. The van der Waals surface area contributed by atoms with Crippen LogP contribution in [0.2, 0.25) is 0 Å². The molecule has 39 heavy (non-hydrogen) atoms. The second-order valence-corrected chi connectivity index (χ2v) is 11.0. The van der Waals surface area contributed by atoms with E-state index in [1.807, 2.05) is 12.1 Å². The SMILES string of the molecule is CC(=Nc1c(C(C)C)cccc1C(C)C)c1cccc(C(C)=Nc2c(C(C)C)cccc2C(C)C)n1.[CH3-].[CH3-].[Co+2]. The number of para-hydroxylation sites is 2. The standard InChI is InChI=1S/C33H43N3.2CH3.Co/c1-20(2)26-14-11-15-27(21(3)4)32(26)34-24(9)30-18-13-19-31(36-30)25(10)35-33-28(22(5)6)16-12-17-29(33)23(7)8;;;/h11-23H,1-10H3;2*1H3;/q;2*-1;+2. The predicted octanol–water partition coefficient (Wildman–Crippen LogP) is 10.8. The van der Waals surface area contributed by atoms with Gasteiger partial charge in [-0.3, -0.25) is 9.98 Å². The van der Waals surface area contributed by atoms with Crippen LogP contribution in [0, 0.1) is 14.9 Å². The minimum atomic E-state index is 0. The van der Waals surface area contributed by atoms with Crippen molar-refractivity contribution in [3.8, 4) is 0 Å². The zero-order chi connectivity index (χ0) is 26.6. The second-order valence-electron chi connectivity index (χ2n) is 11.0. The summed E-state index contributed by atoms with van der Waals surface area (Å²) in [5, 5.41) is 0. The Labute approximate surface area is 249 Å². The van der Waals surface area contributed by atoms with Crippen molar-refractivity contribution in [3.05, 3.63) is 103 Å². The van der Waals surface area contributed by atoms with Gasteiger partial charge in [-0.05, 0) is 71.9 Å². The molecular weight excluding hydrogens is 521 g/mol. The molecule has 1 heterocycles. The summed E-state index contributed by atoms with van der Waals surface area (Å²) in [7, 11) is 0. The van der Waals surface area contributed by atoms with Crippen molar-refractivity contribution < 1.29 is 16.8 Å². The summed E-state index contributed by atoms with van der Waals surface area (Å²) >= 11 is 0. The molecule has 0 aliphatic rings. The van der Waals surface area contributed by atoms with Crippen LogP contribution >= 0.6 is 0 Å². The summed E-state index contributed by atoms with van der Waals surface area (Å²) in [5.74, 6) is 1.61. The number of hydrogen-bond acceptors (Lipinski definition) is 3. The van der Waals surface area contributed by atoms with E-state index in [1.54, 1.807) is 0 Å². The molecule has 3 nitrogen and oxygen atoms in total. The van der Waals surface area contributed by atoms with Gasteiger partial charge in [0, 0.05) is 0 Å². The fourth-order valence-corrected chi connectivity index (χ4v) is 4.57. The molecule has 0 saturated carbocycles. The van der Waals surface area contributed by atoms with Crippen molar-refractivity contribution in [2.24, 2.45) is 9.98 Å². The molecule has 0 aliphatic heterocycles. The Hall–Kier alpha value is -2.56. The van der Waals surface area contributed by atoms with Gasteiger partial charge in [-0.2, -0.15) is 0 Å². The third kappa shape index (κ3) is 8.71. The van der Waals surface area contributed by atoms with Gasteiger partial charge in [0.15, 0.2) is 0 Å². The molecule has 3 rings (SSSR count). The van der Waals surface area contributed by atoms with Gasteiger partial charge in [-0.1, -0.05) is 97.9 Å². The Morgan fingerprint density at radius 1 is 0.513 bits per heavy atom. The van der Waals surface area contributed by atoms with Crippen LogP contribution in [-0.2, 0) is 16.8 Å². The van der Waals surface area contributed by atoms with Gasteiger partial charge < -0.3 is 14.9 Å². The molecule has 2 aromatic carbocycles. The predicted molar refractivity (Wildman–Crippen MR) is 170 cm³/mol. The summed E-state index contributed by atoms with van der Waals surface area (Å²) in [5.41, 5.74) is 10.9. The number of nitrogens with zero attached hydrogens (tertiary/aromatic N) is 3. The number of pyridine rings is 1. The zero-order valence-electron chi connectivity index (χ0n) is 26.2. The van der Waals surface area contributed by atoms with E-state index in [2.05, 4.69) is 112 Å². The van der Waals surface area contributed by atoms with Crippen molar-refractivity contribution in [1.82, 2.24) is 4.98 Å². The Bertz CT molecular complexity index is 1120. The van der Waals surface area contributed by atoms with Gasteiger partial charge in [0.1, 0.15) is 0 Å². The third-order valence-corrected chi connectivity index (χ3v) is 6.73. The average molecular weight is 571 g/mol. The topological polar surface area (TPSA) is 37.6 Å². The monoisotopic (exact) mass is 570 g/mol. The molecule has 0 bridgehead atoms. The molecular formula is C35H49CoN3. The van der Waals surface area contributed by atoms with Gasteiger partial charge >= 0.3 is 16.8 Å². The molecule has 0 fully saturated rings. The maximum absolute atomic E-state index is 5.15. The zero-order valence-corrected chi connectivity index (χ0v) is 27.2. The summed E-state index contributed by atoms with van der Waals surface area (Å²) in [4.78, 5) is 15.3. The van der Waals surface area contributed by atoms with Crippen LogP contribution in [-0.4, -0.2) is 16.4 Å². The van der Waals surface area contributed by atoms with Crippen molar-refractivity contribution in [3.63, 3.8) is 0 Å². The summed E-state index contributed by atoms with van der Waals surface area (Å²) in [6, 6.07) is 19.2. The molecule has 1 aromatic heterocycles. The van der Waals surface area contributed by atoms with E-state index in [0.29, 0.717) is 23.7 Å². The van der Waals surface area contributed by atoms with E-state index in [4.69, 9.17) is 15.0 Å². The van der Waals surface area contributed by atoms with Crippen molar-refractivity contribution in [2.75, 3.05) is 0 Å². The van der Waals surface area contributed by atoms with E-state index in [9.17, 15) is 0 Å². The maximum atomic E-state index is 5.15. The summed E-state index contributed by atoms with van der Waals surface area (Å²) < 4.78 is 0.